The van der Waals surface area contributed by atoms with Crippen molar-refractivity contribution < 1.29 is 0 Å². The van der Waals surface area contributed by atoms with Crippen molar-refractivity contribution in [2.75, 3.05) is 0 Å². The molecule has 1 rings (SSSR count). The minimum Gasteiger partial charge on any atom is -0.0729 e. The van der Waals surface area contributed by atoms with Crippen LogP contribution in [0.15, 0.2) is 24.0 Å². The molecule has 0 fully saturated rings. The third-order valence-electron chi connectivity index (χ3n) is 1.51. The van der Waals surface area contributed by atoms with E-state index in [4.69, 9.17) is 0 Å². The Hall–Kier alpha value is -0.350. The molecule has 1 aromatic heterocycles. The second-order valence-electron chi connectivity index (χ2n) is 2.42. The van der Waals surface area contributed by atoms with E-state index in [0.29, 0.717) is 0 Å². The molecule has 0 radical (unpaired) electrons. The van der Waals surface area contributed by atoms with Gasteiger partial charge in [-0.2, -0.15) is 0 Å². The summed E-state index contributed by atoms with van der Waals surface area (Å²) in [6.07, 6.45) is 3.91. The van der Waals surface area contributed by atoms with Crippen molar-refractivity contribution in [2.24, 2.45) is 0 Å². The molecular weight excluding hydrogens is 139 g/mol. The van der Waals surface area contributed by atoms with Gasteiger partial charge in [0.2, 0.25) is 0 Å². The van der Waals surface area contributed by atoms with Crippen LogP contribution < -0.4 is 0 Å². The van der Waals surface area contributed by atoms with Crippen LogP contribution in [0.5, 0.6) is 0 Å². The van der Waals surface area contributed by atoms with Crippen LogP contribution in [-0.2, 0) is 6.42 Å². The molecule has 1 heterocycles. The first-order valence-electron chi connectivity index (χ1n) is 3.83. The van der Waals surface area contributed by atoms with Crippen LogP contribution in [0.1, 0.15) is 25.1 Å². The summed E-state index contributed by atoms with van der Waals surface area (Å²) in [5.41, 5.74) is 0. The van der Waals surface area contributed by atoms with Crippen LogP contribution in [0.4, 0.5) is 0 Å². The molecular formula is C9H13P. The molecule has 0 unspecified atom stereocenters. The molecule has 0 spiro atoms. The molecule has 1 heteroatoms. The first-order valence-corrected chi connectivity index (χ1v) is 4.79. The fourth-order valence-electron chi connectivity index (χ4n) is 0.904. The van der Waals surface area contributed by atoms with Crippen molar-refractivity contribution in [1.82, 2.24) is 0 Å². The highest BCUT2D eigenvalue weighted by Gasteiger charge is 1.88. The minimum absolute atomic E-state index is 1.28. The van der Waals surface area contributed by atoms with Crippen molar-refractivity contribution in [1.29, 1.82) is 0 Å². The number of aryl methyl sites for hydroxylation is 1. The predicted molar refractivity (Wildman–Crippen MR) is 47.6 cm³/mol. The largest absolute Gasteiger partial charge is 0.0729 e. The van der Waals surface area contributed by atoms with E-state index in [2.05, 4.69) is 30.9 Å². The molecule has 0 saturated carbocycles. The van der Waals surface area contributed by atoms with Gasteiger partial charge in [0.1, 0.15) is 0 Å². The van der Waals surface area contributed by atoms with Crippen molar-refractivity contribution in [3.8, 4) is 0 Å². The molecule has 0 aliphatic heterocycles. The minimum atomic E-state index is 1.28. The van der Waals surface area contributed by atoms with E-state index in [0.717, 1.165) is 0 Å². The quantitative estimate of drug-likeness (QED) is 0.620. The summed E-state index contributed by atoms with van der Waals surface area (Å²) in [7, 11) is 1.40. The van der Waals surface area contributed by atoms with Crippen molar-refractivity contribution in [3.05, 3.63) is 29.3 Å². The van der Waals surface area contributed by atoms with Gasteiger partial charge in [-0.15, -0.1) is 0 Å². The monoisotopic (exact) mass is 152 g/mol. The highest BCUT2D eigenvalue weighted by Crippen LogP contribution is 2.14. The zero-order valence-corrected chi connectivity index (χ0v) is 7.27. The lowest BCUT2D eigenvalue weighted by molar-refractivity contribution is 0.804. The van der Waals surface area contributed by atoms with Gasteiger partial charge in [0, 0.05) is 0 Å². The lowest BCUT2D eigenvalue weighted by atomic mass is 10.2. The number of hydrogen-bond donors (Lipinski definition) is 0. The lowest BCUT2D eigenvalue weighted by Gasteiger charge is -1.95. The number of rotatable bonds is 3. The van der Waals surface area contributed by atoms with E-state index in [1.54, 1.807) is 5.30 Å². The van der Waals surface area contributed by atoms with Gasteiger partial charge in [0.25, 0.3) is 0 Å². The summed E-state index contributed by atoms with van der Waals surface area (Å²) in [5, 5.41) is 1.56. The topological polar surface area (TPSA) is 0 Å². The molecule has 0 N–H and O–H groups in total. The van der Waals surface area contributed by atoms with Crippen LogP contribution in [0.3, 0.4) is 0 Å². The molecule has 0 bridgehead atoms. The van der Waals surface area contributed by atoms with Gasteiger partial charge in [-0.05, 0) is 23.9 Å². The van der Waals surface area contributed by atoms with E-state index >= 15 is 0 Å². The van der Waals surface area contributed by atoms with E-state index in [1.807, 2.05) is 0 Å². The van der Waals surface area contributed by atoms with Gasteiger partial charge in [-0.3, -0.25) is 0 Å². The molecule has 1 aromatic rings. The number of hydrogen-bond acceptors (Lipinski definition) is 0. The Kier molecular flexibility index (Phi) is 3.46. The van der Waals surface area contributed by atoms with Crippen LogP contribution in [-0.4, -0.2) is 0 Å². The van der Waals surface area contributed by atoms with E-state index in [1.165, 1.54) is 27.5 Å². The fraction of sp³-hybridized carbons (Fsp3) is 0.444. The predicted octanol–water partition coefficient (Wildman–Crippen LogP) is 3.61. The molecule has 54 valence electrons. The van der Waals surface area contributed by atoms with Gasteiger partial charge in [0.05, 0.1) is 0 Å². The van der Waals surface area contributed by atoms with Gasteiger partial charge >= 0.3 is 0 Å². The molecule has 10 heavy (non-hydrogen) atoms. The smallest absolute Gasteiger partial charge is 0.0206 e. The van der Waals surface area contributed by atoms with Crippen LogP contribution in [0.2, 0.25) is 0 Å². The summed E-state index contributed by atoms with van der Waals surface area (Å²) in [5.74, 6) is 2.20. The van der Waals surface area contributed by atoms with E-state index in [9.17, 15) is 0 Å². The van der Waals surface area contributed by atoms with Crippen molar-refractivity contribution >= 4 is 8.19 Å². The van der Waals surface area contributed by atoms with Gasteiger partial charge in [0.15, 0.2) is 0 Å². The zero-order chi connectivity index (χ0) is 7.23. The zero-order valence-electron chi connectivity index (χ0n) is 6.38. The van der Waals surface area contributed by atoms with Crippen molar-refractivity contribution in [2.45, 2.75) is 26.2 Å². The standard InChI is InChI=1S/C9H13P/c1-2-3-6-9-7-4-5-8-10-9/h4-5,7-8H,2-3,6H2,1H3. The maximum Gasteiger partial charge on any atom is -0.0206 e. The first kappa shape index (κ1) is 7.75. The average molecular weight is 152 g/mol. The van der Waals surface area contributed by atoms with E-state index in [-0.39, 0.29) is 0 Å². The maximum absolute atomic E-state index is 2.24. The van der Waals surface area contributed by atoms with E-state index < -0.39 is 0 Å². The fourth-order valence-corrected chi connectivity index (χ4v) is 1.74. The Balaban J connectivity index is 2.43. The molecule has 0 nitrogen and oxygen atoms in total. The van der Waals surface area contributed by atoms with Crippen LogP contribution in [0.25, 0.3) is 0 Å². The van der Waals surface area contributed by atoms with Crippen LogP contribution >= 0.6 is 8.19 Å². The SMILES string of the molecule is CCCCc1ccccp1. The summed E-state index contributed by atoms with van der Waals surface area (Å²) in [6, 6.07) is 6.47. The molecule has 0 atom stereocenters. The summed E-state index contributed by atoms with van der Waals surface area (Å²) in [6.45, 7) is 2.24. The summed E-state index contributed by atoms with van der Waals surface area (Å²) >= 11 is 0. The third kappa shape index (κ3) is 2.49. The lowest BCUT2D eigenvalue weighted by Crippen LogP contribution is -1.77. The normalized spacial score (nSPS) is 10.5. The molecule has 0 aliphatic rings. The molecule has 0 saturated heterocycles. The Morgan fingerprint density at radius 2 is 2.30 bits per heavy atom. The maximum atomic E-state index is 2.24. The van der Waals surface area contributed by atoms with Gasteiger partial charge in [-0.1, -0.05) is 39.7 Å². The Labute approximate surface area is 64.4 Å². The Morgan fingerprint density at radius 3 is 2.90 bits per heavy atom. The van der Waals surface area contributed by atoms with Gasteiger partial charge in [-0.25, -0.2) is 0 Å². The Bertz CT molecular complexity index is 169. The summed E-state index contributed by atoms with van der Waals surface area (Å²) < 4.78 is 0. The van der Waals surface area contributed by atoms with Gasteiger partial charge < -0.3 is 0 Å². The number of unbranched alkanes of at least 4 members (excludes halogenated alkanes) is 1. The average Bonchev–Trinajstić information content (AvgIpc) is 2.03. The highest BCUT2D eigenvalue weighted by molar-refractivity contribution is 7.29. The molecule has 0 aromatic carbocycles. The second kappa shape index (κ2) is 4.46. The third-order valence-corrected chi connectivity index (χ3v) is 2.54. The highest BCUT2D eigenvalue weighted by atomic mass is 31.0. The first-order chi connectivity index (χ1) is 4.93. The Morgan fingerprint density at radius 1 is 1.40 bits per heavy atom. The molecule has 0 amide bonds. The van der Waals surface area contributed by atoms with Crippen molar-refractivity contribution in [3.63, 3.8) is 0 Å². The molecule has 0 aliphatic carbocycles. The summed E-state index contributed by atoms with van der Waals surface area (Å²) in [4.78, 5) is 0. The van der Waals surface area contributed by atoms with Crippen LogP contribution in [0, 0.1) is 0 Å². The second-order valence-corrected chi connectivity index (χ2v) is 3.56.